The zero-order valence-electron chi connectivity index (χ0n) is 13.4. The molecular formula is C17H17ClN2O4. The fourth-order valence-electron chi connectivity index (χ4n) is 3.53. The molecule has 1 atom stereocenters. The Labute approximate surface area is 144 Å². The van der Waals surface area contributed by atoms with E-state index in [1.807, 2.05) is 13.8 Å². The molecule has 1 aromatic rings. The summed E-state index contributed by atoms with van der Waals surface area (Å²) in [6.07, 6.45) is 1.03. The molecule has 0 fully saturated rings. The van der Waals surface area contributed by atoms with Crippen LogP contribution in [0.15, 0.2) is 29.5 Å². The summed E-state index contributed by atoms with van der Waals surface area (Å²) < 4.78 is 0. The minimum absolute atomic E-state index is 0.0335. The molecule has 6 nitrogen and oxygen atoms in total. The number of nitrogens with one attached hydrogen (secondary N) is 1. The number of carbonyl (C=O) groups excluding carboxylic acids is 2. The standard InChI is InChI=1S/C17H17ClN2O4/c1-17(2)7-13-16(14(21)8-17)11(6-15(22)19-13)10-5-9(20(23)24)3-4-12(10)18/h3-5,11H,6-8H2,1-2H3,(H,19,22)/t11-/m0/s1. The van der Waals surface area contributed by atoms with E-state index in [1.54, 1.807) is 0 Å². The molecule has 0 saturated carbocycles. The summed E-state index contributed by atoms with van der Waals surface area (Å²) >= 11 is 6.23. The molecule has 1 aromatic carbocycles. The van der Waals surface area contributed by atoms with Crippen molar-refractivity contribution in [3.63, 3.8) is 0 Å². The molecule has 1 aliphatic heterocycles. The molecular weight excluding hydrogens is 332 g/mol. The predicted octanol–water partition coefficient (Wildman–Crippen LogP) is 3.49. The number of benzene rings is 1. The van der Waals surface area contributed by atoms with Gasteiger partial charge in [-0.25, -0.2) is 0 Å². The number of hydrogen-bond donors (Lipinski definition) is 1. The number of ketones is 1. The molecule has 0 bridgehead atoms. The molecule has 0 radical (unpaired) electrons. The van der Waals surface area contributed by atoms with Crippen LogP contribution in [0.2, 0.25) is 5.02 Å². The Kier molecular flexibility index (Phi) is 3.95. The van der Waals surface area contributed by atoms with Crippen molar-refractivity contribution in [3.05, 3.63) is 50.2 Å². The lowest BCUT2D eigenvalue weighted by Gasteiger charge is -2.37. The third-order valence-corrected chi connectivity index (χ3v) is 4.86. The Hall–Kier alpha value is -2.21. The maximum absolute atomic E-state index is 12.7. The average Bonchev–Trinajstić information content (AvgIpc) is 2.44. The van der Waals surface area contributed by atoms with Gasteiger partial charge in [0, 0.05) is 47.2 Å². The van der Waals surface area contributed by atoms with Gasteiger partial charge in [-0.1, -0.05) is 25.4 Å². The zero-order valence-corrected chi connectivity index (χ0v) is 14.1. The van der Waals surface area contributed by atoms with Gasteiger partial charge in [-0.15, -0.1) is 0 Å². The highest BCUT2D eigenvalue weighted by Crippen LogP contribution is 2.45. The number of hydrogen-bond acceptors (Lipinski definition) is 4. The van der Waals surface area contributed by atoms with E-state index in [0.29, 0.717) is 34.7 Å². The van der Waals surface area contributed by atoms with Crippen molar-refractivity contribution in [1.29, 1.82) is 0 Å². The minimum Gasteiger partial charge on any atom is -0.329 e. The van der Waals surface area contributed by atoms with Crippen LogP contribution in [0.1, 0.15) is 44.6 Å². The van der Waals surface area contributed by atoms with E-state index >= 15 is 0 Å². The van der Waals surface area contributed by atoms with Crippen molar-refractivity contribution in [3.8, 4) is 0 Å². The Morgan fingerprint density at radius 3 is 2.67 bits per heavy atom. The van der Waals surface area contributed by atoms with E-state index in [0.717, 1.165) is 0 Å². The van der Waals surface area contributed by atoms with Gasteiger partial charge in [0.25, 0.3) is 5.69 Å². The van der Waals surface area contributed by atoms with Crippen molar-refractivity contribution >= 4 is 29.0 Å². The normalized spacial score (nSPS) is 22.9. The number of nitro benzene ring substituents is 1. The quantitative estimate of drug-likeness (QED) is 0.654. The number of non-ortho nitro benzene ring substituents is 1. The van der Waals surface area contributed by atoms with Crippen LogP contribution in [0.5, 0.6) is 0 Å². The number of allylic oxidation sites excluding steroid dienone is 2. The molecule has 7 heteroatoms. The Morgan fingerprint density at radius 2 is 2.00 bits per heavy atom. The molecule has 0 aromatic heterocycles. The second kappa shape index (κ2) is 5.70. The summed E-state index contributed by atoms with van der Waals surface area (Å²) in [5.41, 5.74) is 1.29. The molecule has 3 rings (SSSR count). The van der Waals surface area contributed by atoms with Crippen LogP contribution >= 0.6 is 11.6 Å². The fourth-order valence-corrected chi connectivity index (χ4v) is 3.78. The number of nitrogens with zero attached hydrogens (tertiary/aromatic N) is 1. The smallest absolute Gasteiger partial charge is 0.269 e. The second-order valence-electron chi connectivity index (χ2n) is 7.10. The summed E-state index contributed by atoms with van der Waals surface area (Å²) in [6.45, 7) is 3.95. The van der Waals surface area contributed by atoms with Crippen molar-refractivity contribution in [2.75, 3.05) is 0 Å². The van der Waals surface area contributed by atoms with Gasteiger partial charge in [0.2, 0.25) is 5.91 Å². The molecule has 0 unspecified atom stereocenters. The highest BCUT2D eigenvalue weighted by molar-refractivity contribution is 6.31. The van der Waals surface area contributed by atoms with Gasteiger partial charge in [0.15, 0.2) is 5.78 Å². The average molecular weight is 349 g/mol. The number of halogens is 1. The first-order valence-electron chi connectivity index (χ1n) is 7.68. The maximum atomic E-state index is 12.7. The summed E-state index contributed by atoms with van der Waals surface area (Å²) in [4.78, 5) is 35.3. The molecule has 0 saturated heterocycles. The topological polar surface area (TPSA) is 89.3 Å². The van der Waals surface area contributed by atoms with Crippen LogP contribution in [0.3, 0.4) is 0 Å². The van der Waals surface area contributed by atoms with E-state index in [1.165, 1.54) is 18.2 Å². The van der Waals surface area contributed by atoms with Gasteiger partial charge in [-0.3, -0.25) is 19.7 Å². The molecule has 24 heavy (non-hydrogen) atoms. The third kappa shape index (κ3) is 2.94. The first-order valence-corrected chi connectivity index (χ1v) is 8.06. The van der Waals surface area contributed by atoms with Crippen LogP contribution in [0, 0.1) is 15.5 Å². The molecule has 1 amide bonds. The number of nitro groups is 1. The van der Waals surface area contributed by atoms with Crippen LogP contribution in [0.25, 0.3) is 0 Å². The largest absolute Gasteiger partial charge is 0.329 e. The van der Waals surface area contributed by atoms with Crippen molar-refractivity contribution in [2.45, 2.75) is 39.0 Å². The number of carbonyl (C=O) groups is 2. The van der Waals surface area contributed by atoms with Crippen molar-refractivity contribution in [1.82, 2.24) is 5.32 Å². The van der Waals surface area contributed by atoms with Gasteiger partial charge in [0.1, 0.15) is 0 Å². The molecule has 0 spiro atoms. The Morgan fingerprint density at radius 1 is 1.29 bits per heavy atom. The van der Waals surface area contributed by atoms with E-state index in [9.17, 15) is 19.7 Å². The number of rotatable bonds is 2. The molecule has 1 heterocycles. The highest BCUT2D eigenvalue weighted by atomic mass is 35.5. The SMILES string of the molecule is CC1(C)CC(=O)C2=C(C1)NC(=O)C[C@H]2c1cc([N+](=O)[O-])ccc1Cl. The Balaban J connectivity index is 2.14. The lowest BCUT2D eigenvalue weighted by Crippen LogP contribution is -2.40. The van der Waals surface area contributed by atoms with E-state index in [2.05, 4.69) is 5.32 Å². The van der Waals surface area contributed by atoms with Gasteiger partial charge in [0.05, 0.1) is 4.92 Å². The van der Waals surface area contributed by atoms with E-state index in [4.69, 9.17) is 11.6 Å². The zero-order chi connectivity index (χ0) is 17.6. The first-order chi connectivity index (χ1) is 11.2. The predicted molar refractivity (Wildman–Crippen MR) is 88.7 cm³/mol. The molecule has 126 valence electrons. The molecule has 1 N–H and O–H groups in total. The monoisotopic (exact) mass is 348 g/mol. The minimum atomic E-state index is -0.537. The van der Waals surface area contributed by atoms with Gasteiger partial charge < -0.3 is 5.32 Å². The number of amides is 1. The fraction of sp³-hybridized carbons (Fsp3) is 0.412. The van der Waals surface area contributed by atoms with E-state index in [-0.39, 0.29) is 29.2 Å². The Bertz CT molecular complexity index is 798. The highest BCUT2D eigenvalue weighted by Gasteiger charge is 2.41. The van der Waals surface area contributed by atoms with Gasteiger partial charge in [-0.2, -0.15) is 0 Å². The lowest BCUT2D eigenvalue weighted by molar-refractivity contribution is -0.384. The van der Waals surface area contributed by atoms with Crippen LogP contribution in [0.4, 0.5) is 5.69 Å². The summed E-state index contributed by atoms with van der Waals surface area (Å²) in [5, 5.41) is 14.2. The second-order valence-corrected chi connectivity index (χ2v) is 7.51. The van der Waals surface area contributed by atoms with Crippen LogP contribution < -0.4 is 5.32 Å². The lowest BCUT2D eigenvalue weighted by atomic mass is 9.70. The molecule has 2 aliphatic rings. The van der Waals surface area contributed by atoms with Crippen LogP contribution in [-0.2, 0) is 9.59 Å². The third-order valence-electron chi connectivity index (χ3n) is 4.51. The maximum Gasteiger partial charge on any atom is 0.269 e. The molecule has 1 aliphatic carbocycles. The van der Waals surface area contributed by atoms with Crippen molar-refractivity contribution in [2.24, 2.45) is 5.41 Å². The first kappa shape index (κ1) is 16.6. The van der Waals surface area contributed by atoms with Crippen LogP contribution in [-0.4, -0.2) is 16.6 Å². The van der Waals surface area contributed by atoms with Crippen molar-refractivity contribution < 1.29 is 14.5 Å². The summed E-state index contributed by atoms with van der Waals surface area (Å²) in [5.74, 6) is -0.773. The summed E-state index contributed by atoms with van der Waals surface area (Å²) in [6, 6.07) is 4.12. The summed E-state index contributed by atoms with van der Waals surface area (Å²) in [7, 11) is 0. The van der Waals surface area contributed by atoms with E-state index < -0.39 is 10.8 Å². The van der Waals surface area contributed by atoms with Gasteiger partial charge in [-0.05, 0) is 23.5 Å². The number of Topliss-reactive ketones (excluding diaryl/α,β-unsaturated/α-hetero) is 1. The van der Waals surface area contributed by atoms with Gasteiger partial charge >= 0.3 is 0 Å².